The standard InChI is InChI=1S/C13H9ClN2S2/c14-7-11-12(10-4-2-6-17-10)16-13(18-11)9-3-1-5-15-8-9/h1-6,8H,7H2. The third-order valence-electron chi connectivity index (χ3n) is 2.48. The van der Waals surface area contributed by atoms with Gasteiger partial charge in [-0.15, -0.1) is 34.3 Å². The van der Waals surface area contributed by atoms with Crippen molar-refractivity contribution in [2.45, 2.75) is 5.88 Å². The zero-order chi connectivity index (χ0) is 12.4. The highest BCUT2D eigenvalue weighted by Crippen LogP contribution is 2.36. The molecule has 0 amide bonds. The molecule has 90 valence electrons. The van der Waals surface area contributed by atoms with Gasteiger partial charge in [0.2, 0.25) is 0 Å². The summed E-state index contributed by atoms with van der Waals surface area (Å²) in [5.41, 5.74) is 2.04. The number of thiophene rings is 1. The van der Waals surface area contributed by atoms with Gasteiger partial charge < -0.3 is 0 Å². The highest BCUT2D eigenvalue weighted by Gasteiger charge is 2.14. The van der Waals surface area contributed by atoms with E-state index in [1.54, 1.807) is 28.9 Å². The van der Waals surface area contributed by atoms with Crippen LogP contribution < -0.4 is 0 Å². The minimum Gasteiger partial charge on any atom is -0.264 e. The van der Waals surface area contributed by atoms with Crippen molar-refractivity contribution in [2.75, 3.05) is 0 Å². The van der Waals surface area contributed by atoms with Gasteiger partial charge in [-0.25, -0.2) is 4.98 Å². The lowest BCUT2D eigenvalue weighted by molar-refractivity contribution is 1.31. The van der Waals surface area contributed by atoms with Crippen LogP contribution in [0.3, 0.4) is 0 Å². The molecule has 3 rings (SSSR count). The topological polar surface area (TPSA) is 25.8 Å². The monoisotopic (exact) mass is 292 g/mol. The maximum atomic E-state index is 6.01. The van der Waals surface area contributed by atoms with Gasteiger partial charge >= 0.3 is 0 Å². The SMILES string of the molecule is ClCc1sc(-c2cccnc2)nc1-c1cccs1. The summed E-state index contributed by atoms with van der Waals surface area (Å²) in [5.74, 6) is 0.491. The van der Waals surface area contributed by atoms with E-state index in [0.29, 0.717) is 5.88 Å². The molecule has 3 aromatic heterocycles. The third-order valence-corrected chi connectivity index (χ3v) is 4.89. The molecule has 3 aromatic rings. The Morgan fingerprint density at radius 3 is 2.83 bits per heavy atom. The average molecular weight is 293 g/mol. The highest BCUT2D eigenvalue weighted by molar-refractivity contribution is 7.17. The van der Waals surface area contributed by atoms with Gasteiger partial charge in [0.1, 0.15) is 5.01 Å². The molecule has 0 aromatic carbocycles. The molecular formula is C13H9ClN2S2. The van der Waals surface area contributed by atoms with E-state index in [4.69, 9.17) is 16.6 Å². The fourth-order valence-corrected chi connectivity index (χ4v) is 3.67. The van der Waals surface area contributed by atoms with Crippen molar-refractivity contribution < 1.29 is 0 Å². The Morgan fingerprint density at radius 1 is 1.22 bits per heavy atom. The Bertz CT molecular complexity index is 632. The van der Waals surface area contributed by atoms with Crippen LogP contribution in [-0.4, -0.2) is 9.97 Å². The van der Waals surface area contributed by atoms with E-state index in [1.165, 1.54) is 0 Å². The molecule has 0 N–H and O–H groups in total. The molecule has 2 nitrogen and oxygen atoms in total. The molecule has 0 fully saturated rings. The molecule has 0 radical (unpaired) electrons. The first-order chi connectivity index (χ1) is 8.88. The van der Waals surface area contributed by atoms with Crippen molar-refractivity contribution in [3.63, 3.8) is 0 Å². The third kappa shape index (κ3) is 2.19. The predicted octanol–water partition coefficient (Wildman–Crippen LogP) is 4.67. The van der Waals surface area contributed by atoms with E-state index in [9.17, 15) is 0 Å². The quantitative estimate of drug-likeness (QED) is 0.656. The van der Waals surface area contributed by atoms with Gasteiger partial charge in [0.15, 0.2) is 0 Å². The van der Waals surface area contributed by atoms with Crippen LogP contribution in [0.15, 0.2) is 42.0 Å². The van der Waals surface area contributed by atoms with Crippen molar-refractivity contribution in [1.29, 1.82) is 0 Å². The average Bonchev–Trinajstić information content (AvgIpc) is 3.08. The zero-order valence-corrected chi connectivity index (χ0v) is 11.7. The number of aromatic nitrogens is 2. The fraction of sp³-hybridized carbons (Fsp3) is 0.0769. The molecule has 0 saturated heterocycles. The first-order valence-electron chi connectivity index (χ1n) is 5.38. The summed E-state index contributed by atoms with van der Waals surface area (Å²) in [7, 11) is 0. The highest BCUT2D eigenvalue weighted by atomic mass is 35.5. The predicted molar refractivity (Wildman–Crippen MR) is 78.2 cm³/mol. The van der Waals surface area contributed by atoms with E-state index in [2.05, 4.69) is 16.4 Å². The van der Waals surface area contributed by atoms with Gasteiger partial charge in [0.25, 0.3) is 0 Å². The number of pyridine rings is 1. The van der Waals surface area contributed by atoms with Crippen molar-refractivity contribution >= 4 is 34.3 Å². The van der Waals surface area contributed by atoms with E-state index >= 15 is 0 Å². The first kappa shape index (κ1) is 11.8. The molecule has 0 aliphatic carbocycles. The lowest BCUT2D eigenvalue weighted by Gasteiger charge is -1.93. The molecule has 3 heterocycles. The second-order valence-corrected chi connectivity index (χ2v) is 5.94. The molecule has 0 unspecified atom stereocenters. The van der Waals surface area contributed by atoms with Crippen LogP contribution >= 0.6 is 34.3 Å². The molecule has 0 bridgehead atoms. The summed E-state index contributed by atoms with van der Waals surface area (Å²) in [6.07, 6.45) is 3.59. The number of alkyl halides is 1. The molecule has 5 heteroatoms. The van der Waals surface area contributed by atoms with E-state index in [-0.39, 0.29) is 0 Å². The molecule has 0 aliphatic heterocycles. The number of hydrogen-bond acceptors (Lipinski definition) is 4. The summed E-state index contributed by atoms with van der Waals surface area (Å²) in [6.45, 7) is 0. The number of nitrogens with zero attached hydrogens (tertiary/aromatic N) is 2. The Labute approximate surface area is 118 Å². The fourth-order valence-electron chi connectivity index (χ4n) is 1.66. The Morgan fingerprint density at radius 2 is 2.17 bits per heavy atom. The molecule has 0 saturated carbocycles. The summed E-state index contributed by atoms with van der Waals surface area (Å²) >= 11 is 9.33. The van der Waals surface area contributed by atoms with E-state index in [1.807, 2.05) is 24.4 Å². The van der Waals surface area contributed by atoms with E-state index < -0.39 is 0 Å². The van der Waals surface area contributed by atoms with Gasteiger partial charge in [0.05, 0.1) is 16.5 Å². The van der Waals surface area contributed by atoms with Crippen LogP contribution in [0.4, 0.5) is 0 Å². The number of hydrogen-bond donors (Lipinski definition) is 0. The second kappa shape index (κ2) is 5.18. The summed E-state index contributed by atoms with van der Waals surface area (Å²) in [4.78, 5) is 11.1. The summed E-state index contributed by atoms with van der Waals surface area (Å²) in [6, 6.07) is 8.04. The Balaban J connectivity index is 2.09. The van der Waals surface area contributed by atoms with Gasteiger partial charge in [-0.05, 0) is 23.6 Å². The lowest BCUT2D eigenvalue weighted by Crippen LogP contribution is -1.79. The van der Waals surface area contributed by atoms with Crippen LogP contribution in [0.2, 0.25) is 0 Å². The lowest BCUT2D eigenvalue weighted by atomic mass is 10.3. The smallest absolute Gasteiger partial charge is 0.125 e. The van der Waals surface area contributed by atoms with Crippen molar-refractivity contribution in [2.24, 2.45) is 0 Å². The normalized spacial score (nSPS) is 10.7. The summed E-state index contributed by atoms with van der Waals surface area (Å²) < 4.78 is 0. The molecule has 0 spiro atoms. The first-order valence-corrected chi connectivity index (χ1v) is 7.61. The van der Waals surface area contributed by atoms with Crippen molar-refractivity contribution in [3.8, 4) is 21.1 Å². The van der Waals surface area contributed by atoms with Crippen LogP contribution in [0.1, 0.15) is 4.88 Å². The maximum Gasteiger partial charge on any atom is 0.125 e. The van der Waals surface area contributed by atoms with Crippen molar-refractivity contribution in [3.05, 3.63) is 46.9 Å². The number of thiazole rings is 1. The summed E-state index contributed by atoms with van der Waals surface area (Å²) in [5, 5.41) is 3.03. The van der Waals surface area contributed by atoms with Gasteiger partial charge in [-0.2, -0.15) is 0 Å². The number of halogens is 1. The van der Waals surface area contributed by atoms with Crippen molar-refractivity contribution in [1.82, 2.24) is 9.97 Å². The van der Waals surface area contributed by atoms with Crippen LogP contribution in [0, 0.1) is 0 Å². The molecule has 18 heavy (non-hydrogen) atoms. The van der Waals surface area contributed by atoms with Crippen LogP contribution in [0.25, 0.3) is 21.1 Å². The van der Waals surface area contributed by atoms with Gasteiger partial charge in [0, 0.05) is 22.8 Å². The Kier molecular flexibility index (Phi) is 3.41. The minimum atomic E-state index is 0.491. The molecule has 0 aliphatic rings. The Hall–Kier alpha value is -1.23. The van der Waals surface area contributed by atoms with Gasteiger partial charge in [-0.1, -0.05) is 6.07 Å². The number of rotatable bonds is 3. The van der Waals surface area contributed by atoms with E-state index in [0.717, 1.165) is 26.0 Å². The zero-order valence-electron chi connectivity index (χ0n) is 9.34. The maximum absolute atomic E-state index is 6.01. The second-order valence-electron chi connectivity index (χ2n) is 3.64. The van der Waals surface area contributed by atoms with Crippen LogP contribution in [-0.2, 0) is 5.88 Å². The van der Waals surface area contributed by atoms with Gasteiger partial charge in [-0.3, -0.25) is 4.98 Å². The minimum absolute atomic E-state index is 0.491. The molecular weight excluding hydrogens is 284 g/mol. The molecule has 0 atom stereocenters. The largest absolute Gasteiger partial charge is 0.264 e. The van der Waals surface area contributed by atoms with Crippen LogP contribution in [0.5, 0.6) is 0 Å².